The fourth-order valence-electron chi connectivity index (χ4n) is 3.44. The van der Waals surface area contributed by atoms with Crippen LogP contribution in [0.4, 0.5) is 5.69 Å². The van der Waals surface area contributed by atoms with Gasteiger partial charge in [0, 0.05) is 29.4 Å². The van der Waals surface area contributed by atoms with Crippen LogP contribution in [0.5, 0.6) is 0 Å². The third-order valence-corrected chi connectivity index (χ3v) is 4.69. The van der Waals surface area contributed by atoms with Gasteiger partial charge in [0.1, 0.15) is 5.84 Å². The lowest BCUT2D eigenvalue weighted by atomic mass is 9.87. The van der Waals surface area contributed by atoms with Gasteiger partial charge in [-0.1, -0.05) is 41.9 Å². The van der Waals surface area contributed by atoms with E-state index < -0.39 is 5.60 Å². The topological polar surface area (TPSA) is 35.8 Å². The molecule has 3 nitrogen and oxygen atoms in total. The van der Waals surface area contributed by atoms with Gasteiger partial charge in [-0.3, -0.25) is 4.99 Å². The largest absolute Gasteiger partial charge is 0.373 e. The van der Waals surface area contributed by atoms with Gasteiger partial charge in [0.05, 0.1) is 0 Å². The average molecular weight is 313 g/mol. The van der Waals surface area contributed by atoms with Gasteiger partial charge < -0.3 is 10.0 Å². The Morgan fingerprint density at radius 1 is 1.09 bits per heavy atom. The van der Waals surface area contributed by atoms with Gasteiger partial charge in [0.15, 0.2) is 5.60 Å². The van der Waals surface area contributed by atoms with Gasteiger partial charge in [-0.15, -0.1) is 0 Å². The summed E-state index contributed by atoms with van der Waals surface area (Å²) in [5, 5.41) is 12.2. The summed E-state index contributed by atoms with van der Waals surface area (Å²) in [6, 6.07) is 15.4. The van der Waals surface area contributed by atoms with Crippen molar-refractivity contribution in [1.29, 1.82) is 0 Å². The summed E-state index contributed by atoms with van der Waals surface area (Å²) in [5.41, 5.74) is 1.49. The van der Waals surface area contributed by atoms with Crippen molar-refractivity contribution in [2.24, 2.45) is 4.99 Å². The van der Waals surface area contributed by atoms with Crippen molar-refractivity contribution >= 4 is 23.1 Å². The number of rotatable bonds is 1. The number of fused-ring (bicyclic) bond motifs is 3. The fourth-order valence-corrected chi connectivity index (χ4v) is 3.63. The number of hydrogen-bond donors (Lipinski definition) is 1. The van der Waals surface area contributed by atoms with Gasteiger partial charge in [0.25, 0.3) is 0 Å². The van der Waals surface area contributed by atoms with Crippen LogP contribution >= 0.6 is 11.6 Å². The predicted molar refractivity (Wildman–Crippen MR) is 89.8 cm³/mol. The number of anilines is 1. The molecule has 22 heavy (non-hydrogen) atoms. The van der Waals surface area contributed by atoms with E-state index in [9.17, 15) is 5.11 Å². The first-order chi connectivity index (χ1) is 10.7. The van der Waals surface area contributed by atoms with Crippen molar-refractivity contribution in [3.05, 3.63) is 64.7 Å². The van der Waals surface area contributed by atoms with E-state index in [1.807, 2.05) is 42.5 Å². The standard InChI is InChI=1S/C18H17ClN2O/c19-14-7-5-6-13(12-14)18(22)15-8-1-2-9-16(15)21-11-4-3-10-20-17(18)21/h1-2,5-9,12,22H,3-4,10-11H2. The zero-order valence-corrected chi connectivity index (χ0v) is 12.9. The molecule has 1 atom stereocenters. The predicted octanol–water partition coefficient (Wildman–Crippen LogP) is 3.59. The van der Waals surface area contributed by atoms with Gasteiger partial charge in [0.2, 0.25) is 0 Å². The molecule has 2 aliphatic rings. The highest BCUT2D eigenvalue weighted by Gasteiger charge is 2.48. The van der Waals surface area contributed by atoms with E-state index in [-0.39, 0.29) is 0 Å². The zero-order valence-electron chi connectivity index (χ0n) is 12.2. The normalized spacial score (nSPS) is 23.5. The second kappa shape index (κ2) is 5.11. The molecular weight excluding hydrogens is 296 g/mol. The molecular formula is C18H17ClN2O. The first kappa shape index (κ1) is 13.8. The second-order valence-electron chi connectivity index (χ2n) is 5.80. The molecule has 1 N–H and O–H groups in total. The molecule has 2 aliphatic heterocycles. The van der Waals surface area contributed by atoms with E-state index in [0.717, 1.165) is 48.6 Å². The Hall–Kier alpha value is -1.84. The number of nitrogens with zero attached hydrogens (tertiary/aromatic N) is 2. The number of benzene rings is 2. The Balaban J connectivity index is 1.98. The Kier molecular flexibility index (Phi) is 3.21. The van der Waals surface area contributed by atoms with E-state index in [4.69, 9.17) is 16.6 Å². The van der Waals surface area contributed by atoms with Crippen LogP contribution in [-0.4, -0.2) is 24.0 Å². The molecule has 2 aromatic rings. The Labute approximate surface area is 134 Å². The lowest BCUT2D eigenvalue weighted by Gasteiger charge is -2.27. The molecule has 0 saturated heterocycles. The van der Waals surface area contributed by atoms with E-state index in [0.29, 0.717) is 5.02 Å². The first-order valence-corrected chi connectivity index (χ1v) is 7.99. The maximum absolute atomic E-state index is 11.6. The number of halogens is 1. The van der Waals surface area contributed by atoms with Gasteiger partial charge >= 0.3 is 0 Å². The van der Waals surface area contributed by atoms with Crippen molar-refractivity contribution in [1.82, 2.24) is 0 Å². The molecule has 2 aromatic carbocycles. The molecule has 0 aromatic heterocycles. The summed E-state index contributed by atoms with van der Waals surface area (Å²) >= 11 is 6.16. The summed E-state index contributed by atoms with van der Waals surface area (Å²) in [5.74, 6) is 0.730. The summed E-state index contributed by atoms with van der Waals surface area (Å²) in [4.78, 5) is 6.86. The third-order valence-electron chi connectivity index (χ3n) is 4.46. The second-order valence-corrected chi connectivity index (χ2v) is 6.24. The average Bonchev–Trinajstić information content (AvgIpc) is 2.71. The molecule has 4 heteroatoms. The Morgan fingerprint density at radius 2 is 1.95 bits per heavy atom. The molecule has 112 valence electrons. The van der Waals surface area contributed by atoms with Crippen molar-refractivity contribution in [3.8, 4) is 0 Å². The highest BCUT2D eigenvalue weighted by atomic mass is 35.5. The monoisotopic (exact) mass is 312 g/mol. The van der Waals surface area contributed by atoms with Gasteiger partial charge in [-0.25, -0.2) is 0 Å². The summed E-state index contributed by atoms with van der Waals surface area (Å²) in [7, 11) is 0. The first-order valence-electron chi connectivity index (χ1n) is 7.61. The van der Waals surface area contributed by atoms with E-state index in [2.05, 4.69) is 11.0 Å². The minimum Gasteiger partial charge on any atom is -0.373 e. The van der Waals surface area contributed by atoms with Crippen LogP contribution < -0.4 is 4.90 Å². The third kappa shape index (κ3) is 1.89. The molecule has 2 heterocycles. The van der Waals surface area contributed by atoms with Crippen LogP contribution in [0.1, 0.15) is 24.0 Å². The van der Waals surface area contributed by atoms with Gasteiger partial charge in [-0.05, 0) is 36.6 Å². The highest BCUT2D eigenvalue weighted by Crippen LogP contribution is 2.46. The quantitative estimate of drug-likeness (QED) is 0.873. The van der Waals surface area contributed by atoms with Crippen LogP contribution in [0.15, 0.2) is 53.5 Å². The fraction of sp³-hybridized carbons (Fsp3) is 0.278. The summed E-state index contributed by atoms with van der Waals surface area (Å²) in [6.07, 6.45) is 2.13. The van der Waals surface area contributed by atoms with Crippen molar-refractivity contribution in [2.75, 3.05) is 18.0 Å². The number of aliphatic imine (C=N–C) groups is 1. The maximum atomic E-state index is 11.6. The number of para-hydroxylation sites is 1. The summed E-state index contributed by atoms with van der Waals surface area (Å²) < 4.78 is 0. The van der Waals surface area contributed by atoms with Crippen LogP contribution in [-0.2, 0) is 5.60 Å². The van der Waals surface area contributed by atoms with E-state index >= 15 is 0 Å². The van der Waals surface area contributed by atoms with Crippen LogP contribution in [0.2, 0.25) is 5.02 Å². The van der Waals surface area contributed by atoms with Crippen molar-refractivity contribution < 1.29 is 5.11 Å². The van der Waals surface area contributed by atoms with Crippen LogP contribution in [0, 0.1) is 0 Å². The molecule has 0 saturated carbocycles. The molecule has 0 amide bonds. The molecule has 0 bridgehead atoms. The van der Waals surface area contributed by atoms with Crippen molar-refractivity contribution in [3.63, 3.8) is 0 Å². The SMILES string of the molecule is OC1(c2cccc(Cl)c2)C2=NCCCCN2c2ccccc21. The highest BCUT2D eigenvalue weighted by molar-refractivity contribution is 6.30. The van der Waals surface area contributed by atoms with E-state index in [1.165, 1.54) is 0 Å². The molecule has 0 aliphatic carbocycles. The number of hydrogen-bond acceptors (Lipinski definition) is 3. The number of aliphatic hydroxyl groups is 1. The van der Waals surface area contributed by atoms with Gasteiger partial charge in [-0.2, -0.15) is 0 Å². The van der Waals surface area contributed by atoms with E-state index in [1.54, 1.807) is 0 Å². The van der Waals surface area contributed by atoms with Crippen LogP contribution in [0.3, 0.4) is 0 Å². The molecule has 0 spiro atoms. The zero-order chi connectivity index (χ0) is 15.2. The Bertz CT molecular complexity index is 758. The maximum Gasteiger partial charge on any atom is 0.174 e. The minimum atomic E-state index is -1.22. The van der Waals surface area contributed by atoms with Crippen LogP contribution in [0.25, 0.3) is 0 Å². The molecule has 4 rings (SSSR count). The molecule has 0 radical (unpaired) electrons. The van der Waals surface area contributed by atoms with Crippen molar-refractivity contribution in [2.45, 2.75) is 18.4 Å². The molecule has 0 fully saturated rings. The molecule has 1 unspecified atom stereocenters. The smallest absolute Gasteiger partial charge is 0.174 e. The summed E-state index contributed by atoms with van der Waals surface area (Å²) in [6.45, 7) is 1.64. The lowest BCUT2D eigenvalue weighted by Crippen LogP contribution is -2.41. The number of amidine groups is 1. The lowest BCUT2D eigenvalue weighted by molar-refractivity contribution is 0.159. The minimum absolute atomic E-state index is 0.621. The Morgan fingerprint density at radius 3 is 2.82 bits per heavy atom.